The van der Waals surface area contributed by atoms with E-state index in [4.69, 9.17) is 13.3 Å². The fourth-order valence-corrected chi connectivity index (χ4v) is 3.06. The first-order chi connectivity index (χ1) is 9.16. The Bertz CT molecular complexity index is 434. The molecule has 0 bridgehead atoms. The van der Waals surface area contributed by atoms with Gasteiger partial charge in [-0.05, 0) is 36.3 Å². The average Bonchev–Trinajstić information content (AvgIpc) is 2.60. The van der Waals surface area contributed by atoms with Crippen molar-refractivity contribution in [3.05, 3.63) is 12.1 Å². The fraction of sp³-hybridized carbons (Fsp3) is 0.750. The van der Waals surface area contributed by atoms with E-state index in [9.17, 15) is 0 Å². The lowest BCUT2D eigenvalue weighted by molar-refractivity contribution is 0.305. The smallest absolute Gasteiger partial charge is 0.273 e. The molecular formula is C16H32O3Si2. The molecule has 0 aliphatic carbocycles. The molecule has 0 aromatic carbocycles. The summed E-state index contributed by atoms with van der Waals surface area (Å²) in [6.07, 6.45) is 0. The van der Waals surface area contributed by atoms with Gasteiger partial charge in [-0.25, -0.2) is 0 Å². The summed E-state index contributed by atoms with van der Waals surface area (Å²) < 4.78 is 18.1. The second-order valence-corrected chi connectivity index (χ2v) is 18.2. The van der Waals surface area contributed by atoms with E-state index in [0.717, 1.165) is 0 Å². The molecule has 0 N–H and O–H groups in total. The molecule has 5 heteroatoms. The third-order valence-corrected chi connectivity index (χ3v) is 13.5. The van der Waals surface area contributed by atoms with Gasteiger partial charge in [-0.15, -0.1) is 0 Å². The molecule has 21 heavy (non-hydrogen) atoms. The second-order valence-electron chi connectivity index (χ2n) is 8.80. The zero-order valence-corrected chi connectivity index (χ0v) is 17.4. The van der Waals surface area contributed by atoms with E-state index in [1.165, 1.54) is 0 Å². The Labute approximate surface area is 132 Å². The summed E-state index contributed by atoms with van der Waals surface area (Å²) in [5.41, 5.74) is 0. The minimum atomic E-state index is -1.87. The minimum absolute atomic E-state index is 0.153. The molecule has 122 valence electrons. The first-order valence-corrected chi connectivity index (χ1v) is 13.5. The molecule has 0 fully saturated rings. The third kappa shape index (κ3) is 4.39. The fourth-order valence-electron chi connectivity index (χ4n) is 1.22. The molecule has 3 nitrogen and oxygen atoms in total. The number of furan rings is 1. The van der Waals surface area contributed by atoms with Gasteiger partial charge in [0.15, 0.2) is 0 Å². The molecule has 0 atom stereocenters. The van der Waals surface area contributed by atoms with E-state index in [-0.39, 0.29) is 10.1 Å². The molecule has 0 saturated carbocycles. The number of hydrogen-bond acceptors (Lipinski definition) is 3. The van der Waals surface area contributed by atoms with E-state index in [2.05, 4.69) is 67.7 Å². The number of rotatable bonds is 4. The van der Waals surface area contributed by atoms with Crippen LogP contribution < -0.4 is 8.85 Å². The van der Waals surface area contributed by atoms with Gasteiger partial charge in [0, 0.05) is 12.1 Å². The van der Waals surface area contributed by atoms with Crippen molar-refractivity contribution >= 4 is 16.6 Å². The van der Waals surface area contributed by atoms with E-state index in [1.807, 2.05) is 12.1 Å². The van der Waals surface area contributed by atoms with Crippen LogP contribution in [0.1, 0.15) is 41.5 Å². The predicted octanol–water partition coefficient (Wildman–Crippen LogP) is 6.05. The largest absolute Gasteiger partial charge is 0.519 e. The van der Waals surface area contributed by atoms with Crippen LogP contribution in [0.3, 0.4) is 0 Å². The molecule has 0 aliphatic rings. The SMILES string of the molecule is CC(C)(C)[Si](C)(C)Oc1ccc(O[Si](C)(C)C(C)(C)C)o1. The van der Waals surface area contributed by atoms with Gasteiger partial charge in [0.05, 0.1) is 0 Å². The summed E-state index contributed by atoms with van der Waals surface area (Å²) in [5, 5.41) is 0.306. The first-order valence-electron chi connectivity index (χ1n) is 7.64. The predicted molar refractivity (Wildman–Crippen MR) is 94.4 cm³/mol. The lowest BCUT2D eigenvalue weighted by Gasteiger charge is -2.36. The van der Waals surface area contributed by atoms with Gasteiger partial charge in [-0.2, -0.15) is 0 Å². The minimum Gasteiger partial charge on any atom is -0.519 e. The highest BCUT2D eigenvalue weighted by Gasteiger charge is 2.41. The van der Waals surface area contributed by atoms with Crippen molar-refractivity contribution in [3.63, 3.8) is 0 Å². The van der Waals surface area contributed by atoms with Crippen LogP contribution in [0, 0.1) is 0 Å². The Balaban J connectivity index is 2.84. The van der Waals surface area contributed by atoms with Crippen molar-refractivity contribution < 1.29 is 13.3 Å². The zero-order chi connectivity index (χ0) is 16.7. The van der Waals surface area contributed by atoms with Crippen LogP contribution in [0.4, 0.5) is 0 Å². The zero-order valence-electron chi connectivity index (χ0n) is 15.4. The average molecular weight is 329 g/mol. The Hall–Kier alpha value is -0.686. The molecule has 0 radical (unpaired) electrons. The highest BCUT2D eigenvalue weighted by Crippen LogP contribution is 2.40. The maximum atomic E-state index is 6.15. The van der Waals surface area contributed by atoms with Crippen LogP contribution in [0.25, 0.3) is 0 Å². The van der Waals surface area contributed by atoms with E-state index in [0.29, 0.717) is 11.9 Å². The van der Waals surface area contributed by atoms with Crippen molar-refractivity contribution in [2.24, 2.45) is 0 Å². The monoisotopic (exact) mass is 328 g/mol. The number of hydrogen-bond donors (Lipinski definition) is 0. The van der Waals surface area contributed by atoms with Crippen LogP contribution in [0.5, 0.6) is 11.9 Å². The standard InChI is InChI=1S/C16H32O3Si2/c1-15(2,3)20(7,8)18-13-11-12-14(17-13)19-21(9,10)16(4,5)6/h11-12H,1-10H3. The van der Waals surface area contributed by atoms with E-state index >= 15 is 0 Å². The summed E-state index contributed by atoms with van der Waals surface area (Å²) in [4.78, 5) is 0. The normalized spacial score (nSPS) is 14.2. The van der Waals surface area contributed by atoms with Crippen LogP contribution in [0.15, 0.2) is 16.5 Å². The van der Waals surface area contributed by atoms with Crippen molar-refractivity contribution in [1.29, 1.82) is 0 Å². The van der Waals surface area contributed by atoms with Gasteiger partial charge in [0.1, 0.15) is 0 Å². The van der Waals surface area contributed by atoms with Crippen molar-refractivity contribution in [3.8, 4) is 11.9 Å². The van der Waals surface area contributed by atoms with Gasteiger partial charge in [0.25, 0.3) is 28.5 Å². The summed E-state index contributed by atoms with van der Waals surface area (Å²) >= 11 is 0. The Kier molecular flexibility index (Phi) is 4.81. The third-order valence-electron chi connectivity index (χ3n) is 4.88. The van der Waals surface area contributed by atoms with E-state index < -0.39 is 16.6 Å². The molecule has 1 rings (SSSR count). The maximum absolute atomic E-state index is 6.15. The van der Waals surface area contributed by atoms with Crippen LogP contribution >= 0.6 is 0 Å². The molecule has 1 aromatic rings. The van der Waals surface area contributed by atoms with Gasteiger partial charge < -0.3 is 13.3 Å². The summed E-state index contributed by atoms with van der Waals surface area (Å²) in [6.45, 7) is 22.2. The topological polar surface area (TPSA) is 31.6 Å². The lowest BCUT2D eigenvalue weighted by Crippen LogP contribution is -2.44. The Morgan fingerprint density at radius 2 is 1.00 bits per heavy atom. The molecule has 0 unspecified atom stereocenters. The highest BCUT2D eigenvalue weighted by molar-refractivity contribution is 6.75. The first kappa shape index (κ1) is 18.4. The lowest BCUT2D eigenvalue weighted by atomic mass is 10.2. The van der Waals surface area contributed by atoms with Gasteiger partial charge in [-0.3, -0.25) is 0 Å². The molecule has 0 saturated heterocycles. The summed E-state index contributed by atoms with van der Waals surface area (Å²) in [6, 6.07) is 3.76. The quantitative estimate of drug-likeness (QED) is 0.631. The molecule has 1 aromatic heterocycles. The van der Waals surface area contributed by atoms with Crippen molar-refractivity contribution in [2.45, 2.75) is 77.8 Å². The van der Waals surface area contributed by atoms with E-state index in [1.54, 1.807) is 0 Å². The molecule has 0 spiro atoms. The van der Waals surface area contributed by atoms with Crippen LogP contribution in [0.2, 0.25) is 36.3 Å². The van der Waals surface area contributed by atoms with Crippen molar-refractivity contribution in [1.82, 2.24) is 0 Å². The van der Waals surface area contributed by atoms with Gasteiger partial charge >= 0.3 is 0 Å². The summed E-state index contributed by atoms with van der Waals surface area (Å²) in [5.74, 6) is 1.16. The molecule has 0 amide bonds. The van der Waals surface area contributed by atoms with Crippen LogP contribution in [-0.4, -0.2) is 16.6 Å². The summed E-state index contributed by atoms with van der Waals surface area (Å²) in [7, 11) is -3.73. The molecule has 1 heterocycles. The molecule has 0 aliphatic heterocycles. The Morgan fingerprint density at radius 1 is 0.714 bits per heavy atom. The van der Waals surface area contributed by atoms with Gasteiger partial charge in [0.2, 0.25) is 0 Å². The van der Waals surface area contributed by atoms with Crippen molar-refractivity contribution in [2.75, 3.05) is 0 Å². The van der Waals surface area contributed by atoms with Crippen LogP contribution in [-0.2, 0) is 0 Å². The highest BCUT2D eigenvalue weighted by atomic mass is 28.4. The maximum Gasteiger partial charge on any atom is 0.273 e. The second kappa shape index (κ2) is 5.50. The molecular weight excluding hydrogens is 296 g/mol. The van der Waals surface area contributed by atoms with Gasteiger partial charge in [-0.1, -0.05) is 41.5 Å². The Morgan fingerprint density at radius 3 is 1.24 bits per heavy atom.